The summed E-state index contributed by atoms with van der Waals surface area (Å²) in [6.07, 6.45) is 0.478. The molecule has 0 atom stereocenters. The minimum Gasteiger partial charge on any atom is -0.350 e. The van der Waals surface area contributed by atoms with Crippen LogP contribution in [0.15, 0.2) is 0 Å². The molecule has 0 spiro atoms. The second-order valence-electron chi connectivity index (χ2n) is 1.58. The summed E-state index contributed by atoms with van der Waals surface area (Å²) in [6, 6.07) is 0. The first kappa shape index (κ1) is 8.90. The van der Waals surface area contributed by atoms with Gasteiger partial charge in [-0.1, -0.05) is 6.92 Å². The number of hydrazine groups is 1. The largest absolute Gasteiger partial charge is 0.350 e. The van der Waals surface area contributed by atoms with Crippen molar-refractivity contribution in [1.82, 2.24) is 16.2 Å². The van der Waals surface area contributed by atoms with E-state index in [-0.39, 0.29) is 12.5 Å². The molecule has 0 saturated heterocycles. The van der Waals surface area contributed by atoms with Crippen molar-refractivity contribution in [2.75, 3.05) is 13.1 Å². The van der Waals surface area contributed by atoms with E-state index in [2.05, 4.69) is 16.2 Å². The van der Waals surface area contributed by atoms with Crippen LogP contribution in [0.5, 0.6) is 0 Å². The van der Waals surface area contributed by atoms with Crippen LogP contribution in [0.2, 0.25) is 0 Å². The molecule has 0 rings (SSSR count). The molecule has 0 bridgehead atoms. The zero-order valence-corrected chi connectivity index (χ0v) is 5.81. The van der Waals surface area contributed by atoms with Gasteiger partial charge in [-0.2, -0.15) is 0 Å². The lowest BCUT2D eigenvalue weighted by Gasteiger charge is -2.02. The zero-order valence-electron chi connectivity index (χ0n) is 5.81. The Hall–Kier alpha value is -1.10. The lowest BCUT2D eigenvalue weighted by atomic mass is 10.6. The van der Waals surface area contributed by atoms with E-state index in [1.165, 1.54) is 0 Å². The summed E-state index contributed by atoms with van der Waals surface area (Å²) >= 11 is 0. The summed E-state index contributed by atoms with van der Waals surface area (Å²) in [7, 11) is 0. The molecule has 0 unspecified atom stereocenters. The van der Waals surface area contributed by atoms with Gasteiger partial charge in [0.25, 0.3) is 5.91 Å². The fraction of sp³-hybridized carbons (Fsp3) is 0.600. The van der Waals surface area contributed by atoms with Gasteiger partial charge in [-0.3, -0.25) is 15.0 Å². The van der Waals surface area contributed by atoms with Gasteiger partial charge in [0, 0.05) is 6.54 Å². The summed E-state index contributed by atoms with van der Waals surface area (Å²) in [5.41, 5.74) is 4.96. The maximum atomic E-state index is 10.6. The first-order chi connectivity index (χ1) is 4.81. The third-order valence-corrected chi connectivity index (χ3v) is 0.751. The number of hydrogen-bond donors (Lipinski definition) is 3. The van der Waals surface area contributed by atoms with Crippen molar-refractivity contribution < 1.29 is 9.59 Å². The Morgan fingerprint density at radius 2 is 2.30 bits per heavy atom. The van der Waals surface area contributed by atoms with Gasteiger partial charge in [0.2, 0.25) is 6.41 Å². The van der Waals surface area contributed by atoms with E-state index < -0.39 is 0 Å². The topological polar surface area (TPSA) is 70.2 Å². The summed E-state index contributed by atoms with van der Waals surface area (Å²) in [6.45, 7) is 2.52. The smallest absolute Gasteiger partial charge is 0.253 e. The van der Waals surface area contributed by atoms with Gasteiger partial charge in [-0.05, 0) is 0 Å². The van der Waals surface area contributed by atoms with Crippen LogP contribution in [0.4, 0.5) is 0 Å². The van der Waals surface area contributed by atoms with Crippen LogP contribution in [0.3, 0.4) is 0 Å². The van der Waals surface area contributed by atoms with E-state index in [0.717, 1.165) is 0 Å². The Kier molecular flexibility index (Phi) is 5.36. The monoisotopic (exact) mass is 145 g/mol. The van der Waals surface area contributed by atoms with Gasteiger partial charge in [0.1, 0.15) is 0 Å². The third-order valence-electron chi connectivity index (χ3n) is 0.751. The van der Waals surface area contributed by atoms with E-state index in [1.807, 2.05) is 6.92 Å². The fourth-order valence-corrected chi connectivity index (χ4v) is 0.366. The molecule has 0 aromatic heterocycles. The fourth-order valence-electron chi connectivity index (χ4n) is 0.366. The van der Waals surface area contributed by atoms with Gasteiger partial charge in [0.05, 0.1) is 6.54 Å². The average Bonchev–Trinajstić information content (AvgIpc) is 1.97. The SMILES string of the molecule is CCNNC(=O)CNC=O. The van der Waals surface area contributed by atoms with Crippen LogP contribution in [0, 0.1) is 0 Å². The molecule has 0 aromatic carbocycles. The van der Waals surface area contributed by atoms with E-state index in [1.54, 1.807) is 0 Å². The predicted octanol–water partition coefficient (Wildman–Crippen LogP) is -1.63. The Labute approximate surface area is 59.1 Å². The molecule has 0 aliphatic carbocycles. The Balaban J connectivity index is 3.16. The molecule has 0 aromatic rings. The lowest BCUT2D eigenvalue weighted by Crippen LogP contribution is -2.42. The van der Waals surface area contributed by atoms with Gasteiger partial charge in [-0.15, -0.1) is 0 Å². The van der Waals surface area contributed by atoms with Crippen molar-refractivity contribution in [3.63, 3.8) is 0 Å². The van der Waals surface area contributed by atoms with Crippen molar-refractivity contribution in [3.8, 4) is 0 Å². The molecule has 58 valence electrons. The maximum absolute atomic E-state index is 10.6. The molecule has 2 amide bonds. The van der Waals surface area contributed by atoms with Crippen LogP contribution in [0.1, 0.15) is 6.92 Å². The second kappa shape index (κ2) is 6.03. The molecular weight excluding hydrogens is 134 g/mol. The van der Waals surface area contributed by atoms with Crippen LogP contribution in [-0.4, -0.2) is 25.4 Å². The van der Waals surface area contributed by atoms with Gasteiger partial charge in [-0.25, -0.2) is 5.43 Å². The van der Waals surface area contributed by atoms with Crippen molar-refractivity contribution in [2.45, 2.75) is 6.92 Å². The standard InChI is InChI=1S/C5H11N3O2/c1-2-7-8-5(10)3-6-4-9/h4,7H,2-3H2,1H3,(H,6,9)(H,8,10). The average molecular weight is 145 g/mol. The van der Waals surface area contributed by atoms with Gasteiger partial charge >= 0.3 is 0 Å². The summed E-state index contributed by atoms with van der Waals surface area (Å²) in [4.78, 5) is 20.2. The van der Waals surface area contributed by atoms with E-state index in [0.29, 0.717) is 13.0 Å². The highest BCUT2D eigenvalue weighted by Gasteiger charge is 1.94. The predicted molar refractivity (Wildman–Crippen MR) is 35.9 cm³/mol. The van der Waals surface area contributed by atoms with Crippen molar-refractivity contribution in [1.29, 1.82) is 0 Å². The number of rotatable bonds is 5. The molecule has 10 heavy (non-hydrogen) atoms. The molecule has 0 saturated carbocycles. The van der Waals surface area contributed by atoms with Crippen molar-refractivity contribution in [2.24, 2.45) is 0 Å². The molecule has 5 nitrogen and oxygen atoms in total. The maximum Gasteiger partial charge on any atom is 0.253 e. The normalized spacial score (nSPS) is 8.50. The Morgan fingerprint density at radius 3 is 2.80 bits per heavy atom. The summed E-state index contributed by atoms with van der Waals surface area (Å²) in [5, 5.41) is 2.22. The number of nitrogens with one attached hydrogen (secondary N) is 3. The summed E-state index contributed by atoms with van der Waals surface area (Å²) < 4.78 is 0. The molecule has 0 heterocycles. The van der Waals surface area contributed by atoms with Crippen LogP contribution >= 0.6 is 0 Å². The molecule has 3 N–H and O–H groups in total. The van der Waals surface area contributed by atoms with Crippen LogP contribution in [-0.2, 0) is 9.59 Å². The van der Waals surface area contributed by atoms with Gasteiger partial charge < -0.3 is 5.32 Å². The number of carbonyl (C=O) groups is 2. The minimum absolute atomic E-state index is 0.0104. The van der Waals surface area contributed by atoms with Crippen molar-refractivity contribution >= 4 is 12.3 Å². The van der Waals surface area contributed by atoms with E-state index in [4.69, 9.17) is 0 Å². The van der Waals surface area contributed by atoms with Crippen LogP contribution in [0.25, 0.3) is 0 Å². The molecule has 5 heteroatoms. The third kappa shape index (κ3) is 5.04. The Bertz CT molecular complexity index is 115. The first-order valence-corrected chi connectivity index (χ1v) is 3.00. The summed E-state index contributed by atoms with van der Waals surface area (Å²) in [5.74, 6) is -0.256. The first-order valence-electron chi connectivity index (χ1n) is 3.00. The Morgan fingerprint density at radius 1 is 1.60 bits per heavy atom. The molecule has 0 fully saturated rings. The minimum atomic E-state index is -0.256. The lowest BCUT2D eigenvalue weighted by molar-refractivity contribution is -0.122. The highest BCUT2D eigenvalue weighted by atomic mass is 16.2. The van der Waals surface area contributed by atoms with Gasteiger partial charge in [0.15, 0.2) is 0 Å². The number of carbonyl (C=O) groups excluding carboxylic acids is 2. The zero-order chi connectivity index (χ0) is 7.82. The van der Waals surface area contributed by atoms with E-state index >= 15 is 0 Å². The van der Waals surface area contributed by atoms with E-state index in [9.17, 15) is 9.59 Å². The molecule has 0 aliphatic heterocycles. The second-order valence-corrected chi connectivity index (χ2v) is 1.58. The van der Waals surface area contributed by atoms with Crippen LogP contribution < -0.4 is 16.2 Å². The molecular formula is C5H11N3O2. The number of amides is 2. The van der Waals surface area contributed by atoms with Crippen molar-refractivity contribution in [3.05, 3.63) is 0 Å². The molecule has 0 radical (unpaired) electrons. The highest BCUT2D eigenvalue weighted by molar-refractivity contribution is 5.79. The number of hydrogen-bond acceptors (Lipinski definition) is 3. The molecule has 0 aliphatic rings. The highest BCUT2D eigenvalue weighted by Crippen LogP contribution is 1.56. The quantitative estimate of drug-likeness (QED) is 0.321.